The van der Waals surface area contributed by atoms with E-state index in [1.807, 2.05) is 0 Å². The molecule has 2 N–H and O–H groups in total. The zero-order chi connectivity index (χ0) is 24.5. The molecule has 0 aliphatic rings. The molecule has 34 heavy (non-hydrogen) atoms. The van der Waals surface area contributed by atoms with Crippen LogP contribution in [-0.4, -0.2) is 20.6 Å². The van der Waals surface area contributed by atoms with E-state index in [1.165, 1.54) is 35.3 Å². The van der Waals surface area contributed by atoms with Gasteiger partial charge in [-0.25, -0.2) is 14.8 Å². The van der Waals surface area contributed by atoms with E-state index < -0.39 is 22.8 Å². The van der Waals surface area contributed by atoms with E-state index >= 15 is 0 Å². The molecule has 2 aromatic carbocycles. The number of nitrogens with zero attached hydrogens (tertiary/aromatic N) is 3. The summed E-state index contributed by atoms with van der Waals surface area (Å²) in [6, 6.07) is 10.1. The van der Waals surface area contributed by atoms with Crippen LogP contribution >= 0.6 is 11.6 Å². The number of aryl methyl sites for hydroxylation is 1. The number of alkyl halides is 3. The van der Waals surface area contributed by atoms with Crippen LogP contribution in [0.1, 0.15) is 5.56 Å². The van der Waals surface area contributed by atoms with Crippen LogP contribution in [0, 0.1) is 0 Å². The Hall–Kier alpha value is -4.12. The van der Waals surface area contributed by atoms with E-state index in [9.17, 15) is 22.8 Å². The maximum Gasteiger partial charge on any atom is 0.417 e. The van der Waals surface area contributed by atoms with Crippen molar-refractivity contribution in [3.63, 3.8) is 0 Å². The van der Waals surface area contributed by atoms with Gasteiger partial charge in [0.1, 0.15) is 5.75 Å². The van der Waals surface area contributed by atoms with Crippen LogP contribution in [0.25, 0.3) is 10.9 Å². The normalized spacial score (nSPS) is 11.3. The number of anilines is 2. The number of aromatic nitrogens is 3. The Morgan fingerprint density at radius 2 is 1.76 bits per heavy atom. The van der Waals surface area contributed by atoms with Gasteiger partial charge in [0, 0.05) is 18.8 Å². The number of nitrogens with one attached hydrogen (secondary N) is 2. The summed E-state index contributed by atoms with van der Waals surface area (Å²) in [7, 11) is 1.59. The van der Waals surface area contributed by atoms with Crippen molar-refractivity contribution in [3.05, 3.63) is 82.0 Å². The minimum Gasteiger partial charge on any atom is -0.439 e. The van der Waals surface area contributed by atoms with E-state index in [1.54, 1.807) is 25.2 Å². The molecule has 0 atom stereocenters. The first-order valence-corrected chi connectivity index (χ1v) is 10.0. The Labute approximate surface area is 195 Å². The highest BCUT2D eigenvalue weighted by Crippen LogP contribution is 2.36. The van der Waals surface area contributed by atoms with E-state index in [0.717, 1.165) is 12.1 Å². The van der Waals surface area contributed by atoms with Crippen molar-refractivity contribution in [1.29, 1.82) is 0 Å². The van der Waals surface area contributed by atoms with E-state index in [0.29, 0.717) is 16.7 Å². The molecule has 0 aliphatic heterocycles. The van der Waals surface area contributed by atoms with Crippen molar-refractivity contribution >= 4 is 39.9 Å². The number of amides is 2. The number of hydrogen-bond acceptors (Lipinski definition) is 5. The summed E-state index contributed by atoms with van der Waals surface area (Å²) in [6.07, 6.45) is -1.92. The second-order valence-electron chi connectivity index (χ2n) is 7.10. The fourth-order valence-electron chi connectivity index (χ4n) is 3.00. The smallest absolute Gasteiger partial charge is 0.417 e. The van der Waals surface area contributed by atoms with Crippen LogP contribution < -0.4 is 20.9 Å². The maximum absolute atomic E-state index is 13.0. The molecule has 2 aromatic heterocycles. The molecule has 0 aliphatic carbocycles. The van der Waals surface area contributed by atoms with Crippen LogP contribution in [0.5, 0.6) is 11.6 Å². The molecule has 0 fully saturated rings. The molecule has 0 unspecified atom stereocenters. The van der Waals surface area contributed by atoms with Crippen molar-refractivity contribution in [1.82, 2.24) is 14.5 Å². The lowest BCUT2D eigenvalue weighted by atomic mass is 10.2. The van der Waals surface area contributed by atoms with Gasteiger partial charge in [-0.2, -0.15) is 13.2 Å². The van der Waals surface area contributed by atoms with Gasteiger partial charge in [-0.15, -0.1) is 0 Å². The molecule has 0 radical (unpaired) electrons. The van der Waals surface area contributed by atoms with Crippen molar-refractivity contribution < 1.29 is 22.7 Å². The molecule has 8 nitrogen and oxygen atoms in total. The highest BCUT2D eigenvalue weighted by Gasteiger charge is 2.33. The van der Waals surface area contributed by atoms with Gasteiger partial charge in [-0.05, 0) is 42.5 Å². The Morgan fingerprint density at radius 3 is 2.47 bits per heavy atom. The fraction of sp³-hybridized carbons (Fsp3) is 0.0909. The number of carbonyl (C=O) groups is 1. The summed E-state index contributed by atoms with van der Waals surface area (Å²) in [5, 5.41) is 4.68. The zero-order valence-electron chi connectivity index (χ0n) is 17.4. The Balaban J connectivity index is 1.42. The summed E-state index contributed by atoms with van der Waals surface area (Å²) < 4.78 is 45.9. The zero-order valence-corrected chi connectivity index (χ0v) is 18.1. The van der Waals surface area contributed by atoms with Crippen LogP contribution in [0.3, 0.4) is 0 Å². The third kappa shape index (κ3) is 5.09. The second kappa shape index (κ2) is 9.02. The van der Waals surface area contributed by atoms with Gasteiger partial charge in [0.25, 0.3) is 5.56 Å². The number of hydrogen-bond donors (Lipinski definition) is 2. The number of benzene rings is 2. The summed E-state index contributed by atoms with van der Waals surface area (Å²) in [5.74, 6) is 0.560. The standard InChI is InChI=1S/C22H15ClF3N5O3/c1-31-11-28-18-6-4-14(9-15(18)20(31)32)34-19-7-3-13(10-27-19)30-21(33)29-12-2-5-17(23)16(8-12)22(24,25)26/h2-11H,1H3,(H2,29,30,33). The summed E-state index contributed by atoms with van der Waals surface area (Å²) in [6.45, 7) is 0. The number of pyridine rings is 1. The molecule has 0 saturated heterocycles. The Morgan fingerprint density at radius 1 is 1.03 bits per heavy atom. The summed E-state index contributed by atoms with van der Waals surface area (Å²) in [4.78, 5) is 32.6. The quantitative estimate of drug-likeness (QED) is 0.398. The first-order chi connectivity index (χ1) is 16.1. The average Bonchev–Trinajstić information content (AvgIpc) is 2.78. The van der Waals surface area contributed by atoms with Gasteiger partial charge in [0.05, 0.1) is 39.7 Å². The van der Waals surface area contributed by atoms with Crippen molar-refractivity contribution in [2.45, 2.75) is 6.18 Å². The lowest BCUT2D eigenvalue weighted by Crippen LogP contribution is -2.20. The number of halogens is 4. The SMILES string of the molecule is Cn1cnc2ccc(Oc3ccc(NC(=O)Nc4ccc(Cl)c(C(F)(F)F)c4)cn3)cc2c1=O. The maximum atomic E-state index is 13.0. The lowest BCUT2D eigenvalue weighted by molar-refractivity contribution is -0.137. The van der Waals surface area contributed by atoms with Gasteiger partial charge in [0.2, 0.25) is 5.88 Å². The molecule has 12 heteroatoms. The minimum atomic E-state index is -4.65. The number of urea groups is 1. The molecule has 2 amide bonds. The van der Waals surface area contributed by atoms with Crippen LogP contribution in [0.4, 0.5) is 29.3 Å². The summed E-state index contributed by atoms with van der Waals surface area (Å²) >= 11 is 5.58. The number of ether oxygens (including phenoxy) is 1. The van der Waals surface area contributed by atoms with Crippen LogP contribution in [0.2, 0.25) is 5.02 Å². The van der Waals surface area contributed by atoms with E-state index in [4.69, 9.17) is 16.3 Å². The van der Waals surface area contributed by atoms with Gasteiger partial charge in [-0.3, -0.25) is 4.79 Å². The average molecular weight is 490 g/mol. The first-order valence-electron chi connectivity index (χ1n) is 9.64. The Kier molecular flexibility index (Phi) is 6.12. The number of carbonyl (C=O) groups excluding carboxylic acids is 1. The molecule has 0 saturated carbocycles. The highest BCUT2D eigenvalue weighted by atomic mass is 35.5. The third-order valence-electron chi connectivity index (χ3n) is 4.64. The van der Waals surface area contributed by atoms with Crippen LogP contribution in [-0.2, 0) is 13.2 Å². The monoisotopic (exact) mass is 489 g/mol. The summed E-state index contributed by atoms with van der Waals surface area (Å²) in [5.41, 5.74) is -0.572. The number of fused-ring (bicyclic) bond motifs is 1. The fourth-order valence-corrected chi connectivity index (χ4v) is 3.23. The van der Waals surface area contributed by atoms with E-state index in [2.05, 4.69) is 20.6 Å². The predicted octanol–water partition coefficient (Wildman–Crippen LogP) is 5.44. The van der Waals surface area contributed by atoms with Gasteiger partial charge in [-0.1, -0.05) is 11.6 Å². The lowest BCUT2D eigenvalue weighted by Gasteiger charge is -2.12. The van der Waals surface area contributed by atoms with Gasteiger partial charge in [0.15, 0.2) is 0 Å². The third-order valence-corrected chi connectivity index (χ3v) is 4.96. The molecule has 2 heterocycles. The highest BCUT2D eigenvalue weighted by molar-refractivity contribution is 6.31. The topological polar surface area (TPSA) is 98.1 Å². The number of rotatable bonds is 4. The van der Waals surface area contributed by atoms with Crippen molar-refractivity contribution in [2.24, 2.45) is 7.05 Å². The Bertz CT molecular complexity index is 1440. The molecule has 0 spiro atoms. The first kappa shape index (κ1) is 23.1. The van der Waals surface area contributed by atoms with Crippen LogP contribution in [0.15, 0.2) is 65.8 Å². The van der Waals surface area contributed by atoms with Crippen molar-refractivity contribution in [3.8, 4) is 11.6 Å². The van der Waals surface area contributed by atoms with Gasteiger partial charge < -0.3 is 19.9 Å². The molecule has 4 rings (SSSR count). The molecule has 0 bridgehead atoms. The molecule has 4 aromatic rings. The van der Waals surface area contributed by atoms with E-state index in [-0.39, 0.29) is 22.8 Å². The second-order valence-corrected chi connectivity index (χ2v) is 7.51. The molecular weight excluding hydrogens is 475 g/mol. The molecular formula is C22H15ClF3N5O3. The van der Waals surface area contributed by atoms with Crippen molar-refractivity contribution in [2.75, 3.05) is 10.6 Å². The minimum absolute atomic E-state index is 0.0842. The van der Waals surface area contributed by atoms with Gasteiger partial charge >= 0.3 is 12.2 Å². The molecule has 174 valence electrons. The largest absolute Gasteiger partial charge is 0.439 e. The predicted molar refractivity (Wildman–Crippen MR) is 120 cm³/mol.